The summed E-state index contributed by atoms with van der Waals surface area (Å²) in [6.07, 6.45) is 0. The fraction of sp³-hybridized carbons (Fsp3) is 0.0167. The SMILES string of the molecule is c1ccc(-c2nc(-c3ccc(-c4cccc5c4-c4ccccc4C54c5cccc6ccc7cccc4c7c56)cc3)nc(-c3ccc4c5ccccc5n(-c5ccccc5)c4c3)n2)cc1. The van der Waals surface area contributed by atoms with Gasteiger partial charge in [-0.15, -0.1) is 0 Å². The molecule has 2 aliphatic rings. The van der Waals surface area contributed by atoms with Crippen molar-refractivity contribution in [3.63, 3.8) is 0 Å². The molecule has 0 amide bonds. The van der Waals surface area contributed by atoms with Gasteiger partial charge >= 0.3 is 0 Å². The summed E-state index contributed by atoms with van der Waals surface area (Å²) in [5.41, 5.74) is 16.1. The van der Waals surface area contributed by atoms with Gasteiger partial charge in [0.05, 0.1) is 16.4 Å². The van der Waals surface area contributed by atoms with Crippen molar-refractivity contribution >= 4 is 43.4 Å². The van der Waals surface area contributed by atoms with Crippen LogP contribution in [0.15, 0.2) is 218 Å². The molecule has 2 aromatic heterocycles. The zero-order valence-electron chi connectivity index (χ0n) is 34.6. The molecular weight excluding hydrogens is 777 g/mol. The Morgan fingerprint density at radius 3 is 1.58 bits per heavy atom. The Kier molecular flexibility index (Phi) is 7.29. The maximum absolute atomic E-state index is 5.23. The van der Waals surface area contributed by atoms with Gasteiger partial charge in [0, 0.05) is 33.2 Å². The van der Waals surface area contributed by atoms with Gasteiger partial charge in [-0.3, -0.25) is 0 Å². The Bertz CT molecular complexity index is 3820. The standard InChI is InChI=1S/C60H36N4/c1-3-14-40(15-4-1)57-61-58(63-59(62-57)42-34-35-46-45-20-8-10-27-52(45)64(53(46)36-42)43-18-5-2-6-19-43)41-32-28-37(29-33-41)44-22-13-26-51-56(44)47-21-7-9-23-48(47)60(51)49-24-11-16-38-30-31-39-17-12-25-50(60)55(39)54(38)49/h1-36H. The topological polar surface area (TPSA) is 43.6 Å². The molecule has 12 aromatic rings. The molecule has 0 N–H and O–H groups in total. The van der Waals surface area contributed by atoms with E-state index < -0.39 is 5.41 Å². The molecule has 14 rings (SSSR count). The van der Waals surface area contributed by atoms with E-state index in [2.05, 4.69) is 205 Å². The van der Waals surface area contributed by atoms with Gasteiger partial charge in [0.25, 0.3) is 0 Å². The fourth-order valence-electron chi connectivity index (χ4n) is 11.2. The van der Waals surface area contributed by atoms with Crippen molar-refractivity contribution < 1.29 is 0 Å². The van der Waals surface area contributed by atoms with Gasteiger partial charge in [-0.25, -0.2) is 15.0 Å². The second kappa shape index (κ2) is 13.3. The van der Waals surface area contributed by atoms with Crippen LogP contribution in [0.5, 0.6) is 0 Å². The van der Waals surface area contributed by atoms with Crippen molar-refractivity contribution in [3.05, 3.63) is 241 Å². The molecule has 0 bridgehead atoms. The smallest absolute Gasteiger partial charge is 0.164 e. The quantitative estimate of drug-likeness (QED) is 0.163. The largest absolute Gasteiger partial charge is 0.309 e. The summed E-state index contributed by atoms with van der Waals surface area (Å²) in [7, 11) is 0. The van der Waals surface area contributed by atoms with Crippen LogP contribution in [0.1, 0.15) is 22.3 Å². The van der Waals surface area contributed by atoms with Gasteiger partial charge in [0.2, 0.25) is 0 Å². The lowest BCUT2D eigenvalue weighted by molar-refractivity contribution is 0.797. The Morgan fingerprint density at radius 1 is 0.328 bits per heavy atom. The molecule has 10 aromatic carbocycles. The minimum Gasteiger partial charge on any atom is -0.309 e. The maximum atomic E-state index is 5.23. The van der Waals surface area contributed by atoms with E-state index >= 15 is 0 Å². The molecule has 0 saturated carbocycles. The maximum Gasteiger partial charge on any atom is 0.164 e. The van der Waals surface area contributed by atoms with Gasteiger partial charge in [-0.1, -0.05) is 194 Å². The molecule has 4 heteroatoms. The fourth-order valence-corrected chi connectivity index (χ4v) is 11.2. The van der Waals surface area contributed by atoms with Crippen molar-refractivity contribution in [2.45, 2.75) is 5.41 Å². The summed E-state index contributed by atoms with van der Waals surface area (Å²) in [6, 6.07) is 79.0. The van der Waals surface area contributed by atoms with E-state index in [1.807, 2.05) is 18.2 Å². The van der Waals surface area contributed by atoms with Crippen LogP contribution in [0.3, 0.4) is 0 Å². The van der Waals surface area contributed by atoms with Crippen LogP contribution in [-0.2, 0) is 5.41 Å². The first-order valence-electron chi connectivity index (χ1n) is 21.9. The highest BCUT2D eigenvalue weighted by Crippen LogP contribution is 2.63. The van der Waals surface area contributed by atoms with Crippen molar-refractivity contribution in [1.82, 2.24) is 19.5 Å². The predicted octanol–water partition coefficient (Wildman–Crippen LogP) is 14.6. The summed E-state index contributed by atoms with van der Waals surface area (Å²) in [5.74, 6) is 1.90. The van der Waals surface area contributed by atoms with E-state index in [0.717, 1.165) is 39.0 Å². The third-order valence-corrected chi connectivity index (χ3v) is 13.8. The molecule has 2 heterocycles. The normalized spacial score (nSPS) is 13.1. The predicted molar refractivity (Wildman–Crippen MR) is 262 cm³/mol. The molecule has 0 unspecified atom stereocenters. The lowest BCUT2D eigenvalue weighted by Crippen LogP contribution is -2.26. The van der Waals surface area contributed by atoms with Crippen molar-refractivity contribution in [3.8, 4) is 62.1 Å². The second-order valence-corrected chi connectivity index (χ2v) is 17.1. The van der Waals surface area contributed by atoms with Gasteiger partial charge in [-0.05, 0) is 90.3 Å². The zero-order valence-corrected chi connectivity index (χ0v) is 34.6. The second-order valence-electron chi connectivity index (χ2n) is 17.1. The Morgan fingerprint density at radius 2 is 0.844 bits per heavy atom. The van der Waals surface area contributed by atoms with E-state index in [9.17, 15) is 0 Å². The average Bonchev–Trinajstić information content (AvgIpc) is 3.98. The molecule has 0 atom stereocenters. The van der Waals surface area contributed by atoms with E-state index in [1.165, 1.54) is 71.3 Å². The summed E-state index contributed by atoms with van der Waals surface area (Å²) >= 11 is 0. The van der Waals surface area contributed by atoms with E-state index in [0.29, 0.717) is 17.5 Å². The first-order chi connectivity index (χ1) is 31.7. The van der Waals surface area contributed by atoms with Gasteiger partial charge in [-0.2, -0.15) is 0 Å². The van der Waals surface area contributed by atoms with Gasteiger partial charge in [0.15, 0.2) is 17.5 Å². The van der Waals surface area contributed by atoms with Crippen molar-refractivity contribution in [2.24, 2.45) is 0 Å². The molecule has 0 radical (unpaired) electrons. The summed E-state index contributed by atoms with van der Waals surface area (Å²) < 4.78 is 2.33. The minimum atomic E-state index is -0.405. The lowest BCUT2D eigenvalue weighted by atomic mass is 9.70. The van der Waals surface area contributed by atoms with E-state index in [4.69, 9.17) is 15.0 Å². The molecule has 64 heavy (non-hydrogen) atoms. The number of hydrogen-bond acceptors (Lipinski definition) is 3. The number of para-hydroxylation sites is 2. The van der Waals surface area contributed by atoms with Crippen LogP contribution in [-0.4, -0.2) is 19.5 Å². The highest BCUT2D eigenvalue weighted by molar-refractivity contribution is 6.18. The zero-order chi connectivity index (χ0) is 41.9. The lowest BCUT2D eigenvalue weighted by Gasteiger charge is -2.31. The third kappa shape index (κ3) is 4.79. The minimum absolute atomic E-state index is 0.405. The molecule has 296 valence electrons. The van der Waals surface area contributed by atoms with Gasteiger partial charge < -0.3 is 4.57 Å². The summed E-state index contributed by atoms with van der Waals surface area (Å²) in [6.45, 7) is 0. The molecule has 4 nitrogen and oxygen atoms in total. The molecule has 2 aliphatic carbocycles. The number of nitrogens with zero attached hydrogens (tertiary/aromatic N) is 4. The van der Waals surface area contributed by atoms with Crippen LogP contribution in [0, 0.1) is 0 Å². The average molecular weight is 813 g/mol. The van der Waals surface area contributed by atoms with Crippen LogP contribution in [0.2, 0.25) is 0 Å². The number of hydrogen-bond donors (Lipinski definition) is 0. The number of fused-ring (bicyclic) bond motifs is 10. The van der Waals surface area contributed by atoms with Crippen LogP contribution in [0.25, 0.3) is 105 Å². The van der Waals surface area contributed by atoms with E-state index in [1.54, 1.807) is 0 Å². The summed E-state index contributed by atoms with van der Waals surface area (Å²) in [4.78, 5) is 15.5. The van der Waals surface area contributed by atoms with Crippen molar-refractivity contribution in [2.75, 3.05) is 0 Å². The van der Waals surface area contributed by atoms with Gasteiger partial charge in [0.1, 0.15) is 0 Å². The summed E-state index contributed by atoms with van der Waals surface area (Å²) in [5, 5.41) is 7.72. The molecule has 0 fully saturated rings. The molecule has 0 aliphatic heterocycles. The van der Waals surface area contributed by atoms with Crippen LogP contribution >= 0.6 is 0 Å². The number of aromatic nitrogens is 4. The highest BCUT2D eigenvalue weighted by Gasteiger charge is 2.51. The third-order valence-electron chi connectivity index (χ3n) is 13.8. The molecule has 1 spiro atoms. The first-order valence-corrected chi connectivity index (χ1v) is 21.9. The number of rotatable bonds is 5. The Hall–Kier alpha value is -8.47. The monoisotopic (exact) mass is 812 g/mol. The van der Waals surface area contributed by atoms with E-state index in [-0.39, 0.29) is 0 Å². The number of benzene rings is 10. The first kappa shape index (κ1) is 35.2. The Labute approximate surface area is 369 Å². The highest BCUT2D eigenvalue weighted by atomic mass is 15.0. The Balaban J connectivity index is 0.920. The van der Waals surface area contributed by atoms with Crippen molar-refractivity contribution in [1.29, 1.82) is 0 Å². The molecular formula is C60H36N4. The molecule has 0 saturated heterocycles. The van der Waals surface area contributed by atoms with Crippen LogP contribution < -0.4 is 0 Å². The van der Waals surface area contributed by atoms with Crippen LogP contribution in [0.4, 0.5) is 0 Å².